The van der Waals surface area contributed by atoms with Crippen molar-refractivity contribution in [1.29, 1.82) is 0 Å². The zero-order valence-corrected chi connectivity index (χ0v) is 18.9. The molecule has 2 heterocycles. The molecule has 0 saturated carbocycles. The maximum Gasteiger partial charge on any atom is 0.291 e. The molecule has 0 radical (unpaired) electrons. The van der Waals surface area contributed by atoms with Gasteiger partial charge in [0.05, 0.1) is 23.6 Å². The standard InChI is InChI=1S/C27H29NO4/c1-5-7-8-14-31-20-11-9-19(10-12-20)24-23-25(29)22-18(4)15-17(3)16-21(22)32-26(23)27(30)28(24)13-6-2/h6,9-12,15-16,24H,2,5,7-8,13-14H2,1,3-4H3. The van der Waals surface area contributed by atoms with Gasteiger partial charge in [0, 0.05) is 6.54 Å². The molecule has 0 spiro atoms. The summed E-state index contributed by atoms with van der Waals surface area (Å²) < 4.78 is 11.9. The Hall–Kier alpha value is -3.34. The number of ether oxygens (including phenoxy) is 1. The van der Waals surface area contributed by atoms with Crippen molar-refractivity contribution in [1.82, 2.24) is 4.90 Å². The van der Waals surface area contributed by atoms with Crippen LogP contribution in [-0.4, -0.2) is 24.0 Å². The van der Waals surface area contributed by atoms with Crippen LogP contribution in [0.3, 0.4) is 0 Å². The maximum absolute atomic E-state index is 13.6. The van der Waals surface area contributed by atoms with Crippen LogP contribution in [0.5, 0.6) is 5.75 Å². The van der Waals surface area contributed by atoms with Gasteiger partial charge in [-0.1, -0.05) is 44.0 Å². The number of rotatable bonds is 8. The molecule has 0 bridgehead atoms. The van der Waals surface area contributed by atoms with Gasteiger partial charge in [0.1, 0.15) is 11.3 Å². The summed E-state index contributed by atoms with van der Waals surface area (Å²) in [6, 6.07) is 10.9. The number of benzene rings is 2. The summed E-state index contributed by atoms with van der Waals surface area (Å²) in [7, 11) is 0. The first-order chi connectivity index (χ1) is 15.5. The van der Waals surface area contributed by atoms with Crippen LogP contribution in [0, 0.1) is 13.8 Å². The van der Waals surface area contributed by atoms with E-state index >= 15 is 0 Å². The third-order valence-electron chi connectivity index (χ3n) is 5.95. The van der Waals surface area contributed by atoms with E-state index in [9.17, 15) is 9.59 Å². The summed E-state index contributed by atoms with van der Waals surface area (Å²) in [4.78, 5) is 28.5. The van der Waals surface area contributed by atoms with Gasteiger partial charge in [-0.25, -0.2) is 0 Å². The molecule has 0 N–H and O–H groups in total. The first-order valence-corrected chi connectivity index (χ1v) is 11.2. The Morgan fingerprint density at radius 3 is 2.56 bits per heavy atom. The molecule has 1 aromatic heterocycles. The zero-order valence-electron chi connectivity index (χ0n) is 18.9. The van der Waals surface area contributed by atoms with Crippen LogP contribution < -0.4 is 10.2 Å². The molecular formula is C27H29NO4. The molecule has 4 rings (SSSR count). The Morgan fingerprint density at radius 1 is 1.12 bits per heavy atom. The summed E-state index contributed by atoms with van der Waals surface area (Å²) >= 11 is 0. The highest BCUT2D eigenvalue weighted by atomic mass is 16.5. The topological polar surface area (TPSA) is 59.8 Å². The summed E-state index contributed by atoms with van der Waals surface area (Å²) in [5.41, 5.74) is 3.38. The molecule has 1 aliphatic heterocycles. The van der Waals surface area contributed by atoms with Gasteiger partial charge < -0.3 is 14.1 Å². The number of aryl methyl sites for hydroxylation is 2. The lowest BCUT2D eigenvalue weighted by atomic mass is 9.97. The normalized spacial score (nSPS) is 15.3. The van der Waals surface area contributed by atoms with Crippen molar-refractivity contribution in [2.45, 2.75) is 46.1 Å². The van der Waals surface area contributed by atoms with E-state index in [1.54, 1.807) is 11.0 Å². The third kappa shape index (κ3) is 3.83. The number of carbonyl (C=O) groups excluding carboxylic acids is 1. The number of hydrogen-bond donors (Lipinski definition) is 0. The quantitative estimate of drug-likeness (QED) is 0.339. The Bertz CT molecular complexity index is 1220. The van der Waals surface area contributed by atoms with Crippen molar-refractivity contribution >= 4 is 16.9 Å². The Labute approximate surface area is 188 Å². The highest BCUT2D eigenvalue weighted by Gasteiger charge is 2.42. The molecule has 1 atom stereocenters. The van der Waals surface area contributed by atoms with Gasteiger partial charge >= 0.3 is 0 Å². The van der Waals surface area contributed by atoms with E-state index < -0.39 is 6.04 Å². The van der Waals surface area contributed by atoms with Crippen LogP contribution >= 0.6 is 0 Å². The Morgan fingerprint density at radius 2 is 1.88 bits per heavy atom. The van der Waals surface area contributed by atoms with E-state index in [-0.39, 0.29) is 17.1 Å². The molecule has 5 heteroatoms. The molecule has 5 nitrogen and oxygen atoms in total. The molecule has 1 amide bonds. The molecular weight excluding hydrogens is 402 g/mol. The van der Waals surface area contributed by atoms with Gasteiger partial charge in [-0.3, -0.25) is 9.59 Å². The second-order valence-electron chi connectivity index (χ2n) is 8.40. The molecule has 1 unspecified atom stereocenters. The number of hydrogen-bond acceptors (Lipinski definition) is 4. The first-order valence-electron chi connectivity index (χ1n) is 11.2. The SMILES string of the molecule is C=CCN1C(=O)c2oc3cc(C)cc(C)c3c(=O)c2C1c1ccc(OCCCCC)cc1. The summed E-state index contributed by atoms with van der Waals surface area (Å²) in [6.07, 6.45) is 4.97. The minimum absolute atomic E-state index is 0.124. The average Bonchev–Trinajstić information content (AvgIpc) is 3.04. The largest absolute Gasteiger partial charge is 0.494 e. The van der Waals surface area contributed by atoms with E-state index in [1.807, 2.05) is 50.2 Å². The number of nitrogens with zero attached hydrogens (tertiary/aromatic N) is 1. The number of unbranched alkanes of at least 4 members (excludes halogenated alkanes) is 2. The number of amides is 1. The maximum atomic E-state index is 13.6. The fourth-order valence-electron chi connectivity index (χ4n) is 4.48. The van der Waals surface area contributed by atoms with Crippen molar-refractivity contribution in [3.8, 4) is 5.75 Å². The van der Waals surface area contributed by atoms with Gasteiger partial charge in [-0.05, 0) is 55.2 Å². The molecule has 32 heavy (non-hydrogen) atoms. The minimum Gasteiger partial charge on any atom is -0.494 e. The minimum atomic E-state index is -0.522. The second-order valence-corrected chi connectivity index (χ2v) is 8.40. The van der Waals surface area contributed by atoms with Gasteiger partial charge in [0.2, 0.25) is 5.76 Å². The molecule has 166 valence electrons. The van der Waals surface area contributed by atoms with Crippen LogP contribution in [0.2, 0.25) is 0 Å². The van der Waals surface area contributed by atoms with Crippen molar-refractivity contribution in [3.63, 3.8) is 0 Å². The van der Waals surface area contributed by atoms with Gasteiger partial charge in [-0.15, -0.1) is 6.58 Å². The van der Waals surface area contributed by atoms with Crippen LogP contribution in [0.15, 0.2) is 58.3 Å². The number of fused-ring (bicyclic) bond motifs is 2. The summed E-state index contributed by atoms with van der Waals surface area (Å²) in [6.45, 7) is 10.8. The Kier molecular flexibility index (Phi) is 6.17. The molecule has 2 aromatic carbocycles. The summed E-state index contributed by atoms with van der Waals surface area (Å²) in [5.74, 6) is 0.615. The van der Waals surface area contributed by atoms with Crippen LogP contribution in [0.25, 0.3) is 11.0 Å². The van der Waals surface area contributed by atoms with E-state index in [0.29, 0.717) is 29.7 Å². The van der Waals surface area contributed by atoms with Crippen molar-refractivity contribution in [2.24, 2.45) is 0 Å². The van der Waals surface area contributed by atoms with Gasteiger partial charge in [0.15, 0.2) is 5.43 Å². The predicted molar refractivity (Wildman–Crippen MR) is 126 cm³/mol. The fourth-order valence-corrected chi connectivity index (χ4v) is 4.48. The third-order valence-corrected chi connectivity index (χ3v) is 5.95. The molecule has 0 saturated heterocycles. The van der Waals surface area contributed by atoms with E-state index in [4.69, 9.17) is 9.15 Å². The van der Waals surface area contributed by atoms with E-state index in [1.165, 1.54) is 0 Å². The van der Waals surface area contributed by atoms with Crippen molar-refractivity contribution in [2.75, 3.05) is 13.2 Å². The highest BCUT2D eigenvalue weighted by molar-refractivity contribution is 5.99. The molecule has 0 aliphatic carbocycles. The van der Waals surface area contributed by atoms with E-state index in [2.05, 4.69) is 13.5 Å². The summed E-state index contributed by atoms with van der Waals surface area (Å²) in [5, 5.41) is 0.531. The lowest BCUT2D eigenvalue weighted by Gasteiger charge is -2.24. The van der Waals surface area contributed by atoms with Crippen LogP contribution in [-0.2, 0) is 0 Å². The lowest BCUT2D eigenvalue weighted by molar-refractivity contribution is 0.0748. The zero-order chi connectivity index (χ0) is 22.8. The van der Waals surface area contributed by atoms with E-state index in [0.717, 1.165) is 41.7 Å². The van der Waals surface area contributed by atoms with Crippen molar-refractivity contribution in [3.05, 3.63) is 87.3 Å². The first kappa shape index (κ1) is 21.9. The Balaban J connectivity index is 1.79. The molecule has 0 fully saturated rings. The van der Waals surface area contributed by atoms with Crippen LogP contribution in [0.4, 0.5) is 0 Å². The molecule has 1 aliphatic rings. The van der Waals surface area contributed by atoms with Crippen molar-refractivity contribution < 1.29 is 13.9 Å². The van der Waals surface area contributed by atoms with Gasteiger partial charge in [0.25, 0.3) is 5.91 Å². The van der Waals surface area contributed by atoms with Crippen LogP contribution in [0.1, 0.15) is 65.0 Å². The average molecular weight is 432 g/mol. The smallest absolute Gasteiger partial charge is 0.291 e. The predicted octanol–water partition coefficient (Wildman–Crippen LogP) is 5.71. The number of carbonyl (C=O) groups is 1. The fraction of sp³-hybridized carbons (Fsp3) is 0.333. The van der Waals surface area contributed by atoms with Gasteiger partial charge in [-0.2, -0.15) is 0 Å². The monoisotopic (exact) mass is 431 g/mol. The molecule has 3 aromatic rings. The lowest BCUT2D eigenvalue weighted by Crippen LogP contribution is -2.29. The second kappa shape index (κ2) is 9.03. The highest BCUT2D eigenvalue weighted by Crippen LogP contribution is 2.39.